The Labute approximate surface area is 124 Å². The summed E-state index contributed by atoms with van der Waals surface area (Å²) in [6.45, 7) is 4.71. The molecule has 4 heteroatoms. The minimum atomic E-state index is 0.526. The quantitative estimate of drug-likeness (QED) is 0.811. The highest BCUT2D eigenvalue weighted by Crippen LogP contribution is 2.20. The summed E-state index contributed by atoms with van der Waals surface area (Å²) in [5, 5.41) is 0.526. The van der Waals surface area contributed by atoms with Crippen LogP contribution in [0.5, 0.6) is 0 Å². The van der Waals surface area contributed by atoms with E-state index in [1.54, 1.807) is 6.20 Å². The van der Waals surface area contributed by atoms with Gasteiger partial charge in [0.15, 0.2) is 0 Å². The third kappa shape index (κ3) is 3.37. The Balaban J connectivity index is 1.69. The van der Waals surface area contributed by atoms with Crippen LogP contribution in [0.2, 0.25) is 5.15 Å². The van der Waals surface area contributed by atoms with E-state index in [0.29, 0.717) is 5.15 Å². The van der Waals surface area contributed by atoms with Crippen molar-refractivity contribution in [3.8, 4) is 11.1 Å². The Hall–Kier alpha value is -1.42. The monoisotopic (exact) mass is 288 g/mol. The molecule has 0 unspecified atom stereocenters. The van der Waals surface area contributed by atoms with E-state index in [1.165, 1.54) is 11.1 Å². The molecule has 0 spiro atoms. The van der Waals surface area contributed by atoms with E-state index in [2.05, 4.69) is 34.1 Å². The van der Waals surface area contributed by atoms with Gasteiger partial charge in [-0.05, 0) is 23.3 Å². The van der Waals surface area contributed by atoms with Crippen LogP contribution in [0, 0.1) is 0 Å². The first-order valence-corrected chi connectivity index (χ1v) is 7.20. The number of hydrogen-bond donors (Lipinski definition) is 0. The minimum absolute atomic E-state index is 0.526. The van der Waals surface area contributed by atoms with Crippen molar-refractivity contribution in [2.75, 3.05) is 26.3 Å². The van der Waals surface area contributed by atoms with E-state index in [1.807, 2.05) is 12.1 Å². The molecule has 2 aromatic rings. The molecule has 1 aromatic carbocycles. The van der Waals surface area contributed by atoms with Gasteiger partial charge in [0.05, 0.1) is 13.2 Å². The number of pyridine rings is 1. The largest absolute Gasteiger partial charge is 0.379 e. The molecule has 0 N–H and O–H groups in total. The predicted octanol–water partition coefficient (Wildman–Crippen LogP) is 3.23. The fourth-order valence-electron chi connectivity index (χ4n) is 2.37. The van der Waals surface area contributed by atoms with Crippen LogP contribution in [-0.4, -0.2) is 36.2 Å². The summed E-state index contributed by atoms with van der Waals surface area (Å²) in [7, 11) is 0. The number of ether oxygens (including phenoxy) is 1. The van der Waals surface area contributed by atoms with Gasteiger partial charge in [-0.2, -0.15) is 0 Å². The number of benzene rings is 1. The van der Waals surface area contributed by atoms with Crippen LogP contribution < -0.4 is 0 Å². The molecule has 104 valence electrons. The zero-order valence-electron chi connectivity index (χ0n) is 11.3. The zero-order chi connectivity index (χ0) is 13.8. The summed E-state index contributed by atoms with van der Waals surface area (Å²) >= 11 is 5.81. The first-order valence-electron chi connectivity index (χ1n) is 6.82. The highest BCUT2D eigenvalue weighted by molar-refractivity contribution is 6.29. The van der Waals surface area contributed by atoms with Crippen molar-refractivity contribution in [3.63, 3.8) is 0 Å². The van der Waals surface area contributed by atoms with Crippen LogP contribution in [0.15, 0.2) is 42.6 Å². The van der Waals surface area contributed by atoms with Gasteiger partial charge in [0, 0.05) is 31.4 Å². The van der Waals surface area contributed by atoms with Crippen LogP contribution >= 0.6 is 11.6 Å². The van der Waals surface area contributed by atoms with E-state index in [0.717, 1.165) is 38.4 Å². The average molecular weight is 289 g/mol. The Bertz CT molecular complexity index is 548. The molecular weight excluding hydrogens is 272 g/mol. The van der Waals surface area contributed by atoms with E-state index >= 15 is 0 Å². The summed E-state index contributed by atoms with van der Waals surface area (Å²) in [5.74, 6) is 0. The Kier molecular flexibility index (Phi) is 4.31. The second kappa shape index (κ2) is 6.35. The molecule has 20 heavy (non-hydrogen) atoms. The van der Waals surface area contributed by atoms with Gasteiger partial charge < -0.3 is 4.74 Å². The van der Waals surface area contributed by atoms with Gasteiger partial charge in [0.25, 0.3) is 0 Å². The topological polar surface area (TPSA) is 25.4 Å². The van der Waals surface area contributed by atoms with Gasteiger partial charge >= 0.3 is 0 Å². The standard InChI is InChI=1S/C16H17ClN2O/c17-16-6-5-15(11-18-16)14-3-1-13(2-4-14)12-19-7-9-20-10-8-19/h1-6,11H,7-10,12H2. The summed E-state index contributed by atoms with van der Waals surface area (Å²) in [6, 6.07) is 12.4. The van der Waals surface area contributed by atoms with Gasteiger partial charge in [-0.1, -0.05) is 35.9 Å². The molecule has 0 radical (unpaired) electrons. The number of halogens is 1. The van der Waals surface area contributed by atoms with Gasteiger partial charge in [-0.25, -0.2) is 4.98 Å². The first kappa shape index (κ1) is 13.6. The first-order chi connectivity index (χ1) is 9.81. The predicted molar refractivity (Wildman–Crippen MR) is 80.8 cm³/mol. The molecule has 1 aromatic heterocycles. The fraction of sp³-hybridized carbons (Fsp3) is 0.312. The zero-order valence-corrected chi connectivity index (χ0v) is 12.0. The summed E-state index contributed by atoms with van der Waals surface area (Å²) in [6.07, 6.45) is 1.80. The lowest BCUT2D eigenvalue weighted by Gasteiger charge is -2.26. The van der Waals surface area contributed by atoms with Crippen molar-refractivity contribution in [3.05, 3.63) is 53.3 Å². The summed E-state index contributed by atoms with van der Waals surface area (Å²) < 4.78 is 5.36. The van der Waals surface area contributed by atoms with Gasteiger partial charge in [-0.3, -0.25) is 4.90 Å². The highest BCUT2D eigenvalue weighted by Gasteiger charge is 2.10. The second-order valence-corrected chi connectivity index (χ2v) is 5.34. The Morgan fingerprint density at radius 1 is 1.00 bits per heavy atom. The maximum absolute atomic E-state index is 5.81. The SMILES string of the molecule is Clc1ccc(-c2ccc(CN3CCOCC3)cc2)cn1. The number of rotatable bonds is 3. The van der Waals surface area contributed by atoms with Crippen molar-refractivity contribution >= 4 is 11.6 Å². The molecule has 0 amide bonds. The third-order valence-electron chi connectivity index (χ3n) is 3.52. The van der Waals surface area contributed by atoms with Gasteiger partial charge in [0.1, 0.15) is 5.15 Å². The summed E-state index contributed by atoms with van der Waals surface area (Å²) in [5.41, 5.74) is 3.59. The summed E-state index contributed by atoms with van der Waals surface area (Å²) in [4.78, 5) is 6.53. The molecule has 3 nitrogen and oxygen atoms in total. The van der Waals surface area contributed by atoms with Crippen LogP contribution in [0.3, 0.4) is 0 Å². The van der Waals surface area contributed by atoms with Crippen molar-refractivity contribution in [2.45, 2.75) is 6.54 Å². The number of hydrogen-bond acceptors (Lipinski definition) is 3. The molecule has 1 fully saturated rings. The lowest BCUT2D eigenvalue weighted by Crippen LogP contribution is -2.35. The molecule has 1 aliphatic rings. The van der Waals surface area contributed by atoms with E-state index in [4.69, 9.17) is 16.3 Å². The molecule has 0 saturated carbocycles. The molecule has 3 rings (SSSR count). The van der Waals surface area contributed by atoms with Crippen molar-refractivity contribution in [2.24, 2.45) is 0 Å². The van der Waals surface area contributed by atoms with Crippen molar-refractivity contribution in [1.29, 1.82) is 0 Å². The maximum atomic E-state index is 5.81. The minimum Gasteiger partial charge on any atom is -0.379 e. The van der Waals surface area contributed by atoms with Crippen LogP contribution in [-0.2, 0) is 11.3 Å². The second-order valence-electron chi connectivity index (χ2n) is 4.96. The van der Waals surface area contributed by atoms with E-state index in [-0.39, 0.29) is 0 Å². The molecule has 0 aliphatic carbocycles. The van der Waals surface area contributed by atoms with Crippen molar-refractivity contribution < 1.29 is 4.74 Å². The lowest BCUT2D eigenvalue weighted by molar-refractivity contribution is 0.0342. The molecule has 2 heterocycles. The number of nitrogens with zero attached hydrogens (tertiary/aromatic N) is 2. The third-order valence-corrected chi connectivity index (χ3v) is 3.75. The smallest absolute Gasteiger partial charge is 0.129 e. The van der Waals surface area contributed by atoms with Gasteiger partial charge in [0.2, 0.25) is 0 Å². The van der Waals surface area contributed by atoms with Crippen LogP contribution in [0.4, 0.5) is 0 Å². The molecule has 0 atom stereocenters. The molecular formula is C16H17ClN2O. The Morgan fingerprint density at radius 2 is 1.70 bits per heavy atom. The van der Waals surface area contributed by atoms with E-state index in [9.17, 15) is 0 Å². The Morgan fingerprint density at radius 3 is 2.35 bits per heavy atom. The average Bonchev–Trinajstić information content (AvgIpc) is 2.50. The fourth-order valence-corrected chi connectivity index (χ4v) is 2.48. The highest BCUT2D eigenvalue weighted by atomic mass is 35.5. The number of aromatic nitrogens is 1. The van der Waals surface area contributed by atoms with Gasteiger partial charge in [-0.15, -0.1) is 0 Å². The van der Waals surface area contributed by atoms with Crippen molar-refractivity contribution in [1.82, 2.24) is 9.88 Å². The lowest BCUT2D eigenvalue weighted by atomic mass is 10.1. The maximum Gasteiger partial charge on any atom is 0.129 e. The number of morpholine rings is 1. The van der Waals surface area contributed by atoms with E-state index < -0.39 is 0 Å². The molecule has 1 saturated heterocycles. The van der Waals surface area contributed by atoms with Crippen LogP contribution in [0.1, 0.15) is 5.56 Å². The van der Waals surface area contributed by atoms with Crippen LogP contribution in [0.25, 0.3) is 11.1 Å². The molecule has 1 aliphatic heterocycles. The normalized spacial score (nSPS) is 16.2. The molecule has 0 bridgehead atoms.